The molecular weight excluding hydrogens is 315 g/mol. The first-order valence-electron chi connectivity index (χ1n) is 6.95. The topological polar surface area (TPSA) is 96.3 Å². The summed E-state index contributed by atoms with van der Waals surface area (Å²) in [6.07, 6.45) is 0.774. The summed E-state index contributed by atoms with van der Waals surface area (Å²) in [6, 6.07) is 5.79. The van der Waals surface area contributed by atoms with Gasteiger partial charge < -0.3 is 14.8 Å². The number of halogens is 1. The molecule has 8 heteroatoms. The molecule has 0 bridgehead atoms. The molecule has 2 rings (SSSR count). The normalized spacial score (nSPS) is 10.0. The molecule has 1 aromatic carbocycles. The summed E-state index contributed by atoms with van der Waals surface area (Å²) in [5.74, 6) is -0.0474. The number of hydrogen-bond donors (Lipinski definition) is 3. The molecule has 126 valence electrons. The van der Waals surface area contributed by atoms with Crippen molar-refractivity contribution in [3.8, 4) is 5.75 Å². The van der Waals surface area contributed by atoms with Gasteiger partial charge in [0.25, 0.3) is 0 Å². The van der Waals surface area contributed by atoms with Crippen molar-refractivity contribution in [2.24, 2.45) is 0 Å². The van der Waals surface area contributed by atoms with E-state index in [2.05, 4.69) is 20.4 Å². The van der Waals surface area contributed by atoms with Crippen molar-refractivity contribution in [3.05, 3.63) is 47.4 Å². The van der Waals surface area contributed by atoms with Gasteiger partial charge in [0.15, 0.2) is 11.6 Å². The van der Waals surface area contributed by atoms with E-state index in [1.54, 1.807) is 19.2 Å². The lowest BCUT2D eigenvalue weighted by molar-refractivity contribution is 0.187. The van der Waals surface area contributed by atoms with E-state index in [0.29, 0.717) is 22.6 Å². The molecule has 1 aromatic heterocycles. The second kappa shape index (κ2) is 7.40. The maximum atomic E-state index is 13.9. The molecule has 24 heavy (non-hydrogen) atoms. The molecular formula is C16H17FN4O3. The van der Waals surface area contributed by atoms with E-state index in [9.17, 15) is 9.18 Å². The number of nitrogens with zero attached hydrogens (tertiary/aromatic N) is 1. The molecule has 0 unspecified atom stereocenters. The van der Waals surface area contributed by atoms with Crippen LogP contribution < -0.4 is 15.4 Å². The summed E-state index contributed by atoms with van der Waals surface area (Å²) in [5, 5.41) is 13.7. The molecule has 0 atom stereocenters. The van der Waals surface area contributed by atoms with Crippen LogP contribution >= 0.6 is 0 Å². The summed E-state index contributed by atoms with van der Waals surface area (Å²) in [7, 11) is 4.27. The third-order valence-corrected chi connectivity index (χ3v) is 3.27. The van der Waals surface area contributed by atoms with Crippen molar-refractivity contribution in [1.29, 1.82) is 5.41 Å². The third-order valence-electron chi connectivity index (χ3n) is 3.27. The summed E-state index contributed by atoms with van der Waals surface area (Å²) < 4.78 is 23.3. The number of methoxy groups -OCH3 is 2. The Hall–Kier alpha value is -3.16. The van der Waals surface area contributed by atoms with Crippen LogP contribution in [0.1, 0.15) is 11.1 Å². The van der Waals surface area contributed by atoms with Gasteiger partial charge in [-0.25, -0.2) is 14.2 Å². The standard InChI is InChI=1S/C16H17FN4O3/c1-19-15-11(7-10(8-20-15)21-16(22)24-3)14(18)9-4-5-13(23-2)12(17)6-9/h4-8,18H,1-3H3,(H,19,20)(H,21,22). The number of carbonyl (C=O) groups is 1. The van der Waals surface area contributed by atoms with Crippen LogP contribution in [0.4, 0.5) is 20.7 Å². The Morgan fingerprint density at radius 2 is 2.04 bits per heavy atom. The lowest BCUT2D eigenvalue weighted by atomic mass is 10.0. The number of ether oxygens (including phenoxy) is 2. The van der Waals surface area contributed by atoms with Crippen molar-refractivity contribution in [2.75, 3.05) is 31.9 Å². The van der Waals surface area contributed by atoms with Crippen LogP contribution in [0.25, 0.3) is 0 Å². The van der Waals surface area contributed by atoms with Gasteiger partial charge in [0, 0.05) is 18.2 Å². The summed E-state index contributed by atoms with van der Waals surface area (Å²) in [5.41, 5.74) is 1.15. The summed E-state index contributed by atoms with van der Waals surface area (Å²) >= 11 is 0. The van der Waals surface area contributed by atoms with Crippen LogP contribution in [-0.2, 0) is 4.74 Å². The van der Waals surface area contributed by atoms with Crippen molar-refractivity contribution in [2.45, 2.75) is 0 Å². The number of amides is 1. The Morgan fingerprint density at radius 1 is 1.29 bits per heavy atom. The predicted octanol–water partition coefficient (Wildman–Crippen LogP) is 2.87. The highest BCUT2D eigenvalue weighted by Crippen LogP contribution is 2.24. The van der Waals surface area contributed by atoms with Crippen LogP contribution in [0.5, 0.6) is 5.75 Å². The lowest BCUT2D eigenvalue weighted by Gasteiger charge is -2.13. The zero-order valence-electron chi connectivity index (χ0n) is 13.4. The molecule has 3 N–H and O–H groups in total. The number of carbonyl (C=O) groups excluding carboxylic acids is 1. The smallest absolute Gasteiger partial charge is 0.411 e. The van der Waals surface area contributed by atoms with Crippen molar-refractivity contribution in [1.82, 2.24) is 4.98 Å². The Morgan fingerprint density at radius 3 is 2.62 bits per heavy atom. The molecule has 0 aliphatic carbocycles. The van der Waals surface area contributed by atoms with Gasteiger partial charge >= 0.3 is 6.09 Å². The minimum atomic E-state index is -0.651. The SMILES string of the molecule is CNc1ncc(NC(=O)OC)cc1C(=N)c1ccc(OC)c(F)c1. The summed E-state index contributed by atoms with van der Waals surface area (Å²) in [4.78, 5) is 15.5. The molecule has 0 saturated carbocycles. The van der Waals surface area contributed by atoms with Crippen LogP contribution in [0.15, 0.2) is 30.5 Å². The van der Waals surface area contributed by atoms with Crippen molar-refractivity contribution >= 4 is 23.3 Å². The number of benzene rings is 1. The average Bonchev–Trinajstić information content (AvgIpc) is 2.60. The monoisotopic (exact) mass is 332 g/mol. The molecule has 0 spiro atoms. The first kappa shape index (κ1) is 17.2. The van der Waals surface area contributed by atoms with Gasteiger partial charge in [0.1, 0.15) is 5.82 Å². The maximum absolute atomic E-state index is 13.9. The minimum absolute atomic E-state index is 0.0434. The molecule has 0 fully saturated rings. The third kappa shape index (κ3) is 3.60. The number of rotatable bonds is 5. The van der Waals surface area contributed by atoms with Crippen molar-refractivity contribution < 1.29 is 18.7 Å². The zero-order chi connectivity index (χ0) is 17.7. The van der Waals surface area contributed by atoms with E-state index in [-0.39, 0.29) is 11.5 Å². The first-order chi connectivity index (χ1) is 11.5. The fraction of sp³-hybridized carbons (Fsp3) is 0.188. The van der Waals surface area contributed by atoms with E-state index in [4.69, 9.17) is 10.1 Å². The fourth-order valence-electron chi connectivity index (χ4n) is 2.07. The lowest BCUT2D eigenvalue weighted by Crippen LogP contribution is -2.13. The minimum Gasteiger partial charge on any atom is -0.494 e. The van der Waals surface area contributed by atoms with Gasteiger partial charge in [-0.05, 0) is 24.3 Å². The van der Waals surface area contributed by atoms with Gasteiger partial charge in [0.2, 0.25) is 0 Å². The van der Waals surface area contributed by atoms with Crippen LogP contribution in [0.3, 0.4) is 0 Å². The van der Waals surface area contributed by atoms with E-state index < -0.39 is 11.9 Å². The van der Waals surface area contributed by atoms with E-state index in [0.717, 1.165) is 0 Å². The molecule has 0 saturated heterocycles. The summed E-state index contributed by atoms with van der Waals surface area (Å²) in [6.45, 7) is 0. The van der Waals surface area contributed by atoms with Gasteiger partial charge in [-0.2, -0.15) is 0 Å². The molecule has 1 amide bonds. The zero-order valence-corrected chi connectivity index (χ0v) is 13.4. The van der Waals surface area contributed by atoms with Crippen molar-refractivity contribution in [3.63, 3.8) is 0 Å². The van der Waals surface area contributed by atoms with E-state index in [1.807, 2.05) is 0 Å². The Labute approximate surface area is 138 Å². The van der Waals surface area contributed by atoms with E-state index in [1.165, 1.54) is 32.5 Å². The molecule has 0 aliphatic rings. The predicted molar refractivity (Wildman–Crippen MR) is 88.7 cm³/mol. The van der Waals surface area contributed by atoms with Gasteiger partial charge in [-0.3, -0.25) is 10.7 Å². The van der Waals surface area contributed by atoms with Crippen LogP contribution in [0, 0.1) is 11.2 Å². The van der Waals surface area contributed by atoms with Gasteiger partial charge in [0.05, 0.1) is 31.8 Å². The van der Waals surface area contributed by atoms with Gasteiger partial charge in [-0.1, -0.05) is 0 Å². The number of hydrogen-bond acceptors (Lipinski definition) is 6. The Balaban J connectivity index is 2.41. The van der Waals surface area contributed by atoms with Crippen LogP contribution in [0.2, 0.25) is 0 Å². The quantitative estimate of drug-likeness (QED) is 0.732. The molecule has 0 radical (unpaired) electrons. The number of anilines is 2. The van der Waals surface area contributed by atoms with Gasteiger partial charge in [-0.15, -0.1) is 0 Å². The molecule has 2 aromatic rings. The number of aromatic nitrogens is 1. The molecule has 1 heterocycles. The maximum Gasteiger partial charge on any atom is 0.411 e. The second-order valence-electron chi connectivity index (χ2n) is 4.71. The second-order valence-corrected chi connectivity index (χ2v) is 4.71. The first-order valence-corrected chi connectivity index (χ1v) is 6.95. The van der Waals surface area contributed by atoms with Crippen LogP contribution in [-0.4, -0.2) is 38.1 Å². The average molecular weight is 332 g/mol. The highest BCUT2D eigenvalue weighted by Gasteiger charge is 2.15. The highest BCUT2D eigenvalue weighted by molar-refractivity contribution is 6.14. The van der Waals surface area contributed by atoms with E-state index >= 15 is 0 Å². The molecule has 0 aliphatic heterocycles. The number of pyridine rings is 1. The Bertz CT molecular complexity index is 780. The molecule has 7 nitrogen and oxygen atoms in total. The Kier molecular flexibility index (Phi) is 5.31. The fourth-order valence-corrected chi connectivity index (χ4v) is 2.07. The number of nitrogens with one attached hydrogen (secondary N) is 3. The highest BCUT2D eigenvalue weighted by atomic mass is 19.1. The largest absolute Gasteiger partial charge is 0.494 e.